The normalized spacial score (nSPS) is 51.3. The fourth-order valence-electron chi connectivity index (χ4n) is 5.49. The third kappa shape index (κ3) is 1.69. The predicted octanol–water partition coefficient (Wildman–Crippen LogP) is 3.82. The first-order valence-corrected chi connectivity index (χ1v) is 7.85. The first kappa shape index (κ1) is 10.6. The Kier molecular flexibility index (Phi) is 2.38. The number of hydrogen-bond acceptors (Lipinski definition) is 1. The van der Waals surface area contributed by atoms with E-state index in [1.54, 1.807) is 0 Å². The number of carbonyl (C=O) groups excluding carboxylic acids is 1. The SMILES string of the molecule is O=C(CC1CC2CCC1C2)C1C2CCCCC21. The summed E-state index contributed by atoms with van der Waals surface area (Å²) in [5.74, 6) is 5.58. The lowest BCUT2D eigenvalue weighted by Gasteiger charge is -2.20. The summed E-state index contributed by atoms with van der Waals surface area (Å²) < 4.78 is 0. The number of carbonyl (C=O) groups is 1. The van der Waals surface area contributed by atoms with E-state index in [0.29, 0.717) is 11.7 Å². The zero-order valence-corrected chi connectivity index (χ0v) is 10.7. The van der Waals surface area contributed by atoms with Crippen molar-refractivity contribution in [2.45, 2.75) is 57.8 Å². The molecule has 4 rings (SSSR count). The molecule has 4 saturated carbocycles. The Bertz CT molecular complexity index is 322. The highest BCUT2D eigenvalue weighted by atomic mass is 16.1. The molecule has 1 heteroatoms. The van der Waals surface area contributed by atoms with Crippen LogP contribution in [0.25, 0.3) is 0 Å². The maximum atomic E-state index is 12.4. The Morgan fingerprint density at radius 3 is 2.29 bits per heavy atom. The molecule has 17 heavy (non-hydrogen) atoms. The van der Waals surface area contributed by atoms with Gasteiger partial charge in [0.05, 0.1) is 0 Å². The minimum absolute atomic E-state index is 0.525. The zero-order chi connectivity index (χ0) is 11.4. The molecule has 0 saturated heterocycles. The summed E-state index contributed by atoms with van der Waals surface area (Å²) in [6.45, 7) is 0. The molecule has 0 radical (unpaired) electrons. The van der Waals surface area contributed by atoms with Gasteiger partial charge in [0.1, 0.15) is 5.78 Å². The van der Waals surface area contributed by atoms with E-state index in [1.807, 2.05) is 0 Å². The molecule has 1 nitrogen and oxygen atoms in total. The summed E-state index contributed by atoms with van der Waals surface area (Å²) >= 11 is 0. The van der Waals surface area contributed by atoms with Crippen molar-refractivity contribution in [1.82, 2.24) is 0 Å². The molecule has 0 aliphatic heterocycles. The molecule has 0 aromatic carbocycles. The molecule has 0 N–H and O–H groups in total. The maximum Gasteiger partial charge on any atom is 0.136 e. The average molecular weight is 232 g/mol. The summed E-state index contributed by atoms with van der Waals surface area (Å²) in [6.07, 6.45) is 12.2. The lowest BCUT2D eigenvalue weighted by Crippen LogP contribution is -2.17. The van der Waals surface area contributed by atoms with Gasteiger partial charge in [-0.05, 0) is 61.7 Å². The summed E-state index contributed by atoms with van der Waals surface area (Å²) in [6, 6.07) is 0. The molecule has 5 unspecified atom stereocenters. The fourth-order valence-corrected chi connectivity index (χ4v) is 5.49. The van der Waals surface area contributed by atoms with Crippen molar-refractivity contribution < 1.29 is 4.79 Å². The van der Waals surface area contributed by atoms with Crippen LogP contribution < -0.4 is 0 Å². The topological polar surface area (TPSA) is 17.1 Å². The third-order valence-corrected chi connectivity index (χ3v) is 6.38. The Morgan fingerprint density at radius 1 is 0.941 bits per heavy atom. The van der Waals surface area contributed by atoms with Crippen molar-refractivity contribution in [1.29, 1.82) is 0 Å². The Hall–Kier alpha value is -0.330. The molecule has 5 atom stereocenters. The highest BCUT2D eigenvalue weighted by Gasteiger charge is 2.54. The largest absolute Gasteiger partial charge is 0.299 e. The summed E-state index contributed by atoms with van der Waals surface area (Å²) in [7, 11) is 0. The molecule has 4 fully saturated rings. The van der Waals surface area contributed by atoms with Gasteiger partial charge in [0.15, 0.2) is 0 Å². The van der Waals surface area contributed by atoms with Crippen LogP contribution in [0.3, 0.4) is 0 Å². The van der Waals surface area contributed by atoms with Gasteiger partial charge in [-0.25, -0.2) is 0 Å². The van der Waals surface area contributed by atoms with Crippen molar-refractivity contribution >= 4 is 5.78 Å². The predicted molar refractivity (Wildman–Crippen MR) is 67.5 cm³/mol. The molecule has 0 amide bonds. The lowest BCUT2D eigenvalue weighted by molar-refractivity contribution is -0.122. The van der Waals surface area contributed by atoms with Crippen molar-refractivity contribution in [3.63, 3.8) is 0 Å². The molecule has 0 aromatic heterocycles. The highest BCUT2D eigenvalue weighted by molar-refractivity contribution is 5.84. The molecule has 0 aromatic rings. The van der Waals surface area contributed by atoms with Crippen molar-refractivity contribution in [3.8, 4) is 0 Å². The number of ketones is 1. The van der Waals surface area contributed by atoms with Crippen LogP contribution in [-0.4, -0.2) is 5.78 Å². The molecular weight excluding hydrogens is 208 g/mol. The van der Waals surface area contributed by atoms with Crippen LogP contribution in [0.4, 0.5) is 0 Å². The second-order valence-corrected chi connectivity index (χ2v) is 7.24. The van der Waals surface area contributed by atoms with Crippen LogP contribution in [0.15, 0.2) is 0 Å². The number of hydrogen-bond donors (Lipinski definition) is 0. The van der Waals surface area contributed by atoms with Gasteiger partial charge in [0, 0.05) is 12.3 Å². The van der Waals surface area contributed by atoms with Gasteiger partial charge in [-0.3, -0.25) is 4.79 Å². The van der Waals surface area contributed by atoms with Gasteiger partial charge in [-0.15, -0.1) is 0 Å². The Balaban J connectivity index is 1.36. The molecule has 2 bridgehead atoms. The van der Waals surface area contributed by atoms with Crippen LogP contribution >= 0.6 is 0 Å². The number of rotatable bonds is 3. The average Bonchev–Trinajstić information content (AvgIpc) is 2.69. The lowest BCUT2D eigenvalue weighted by atomic mass is 9.84. The fraction of sp³-hybridized carbons (Fsp3) is 0.938. The van der Waals surface area contributed by atoms with Gasteiger partial charge in [0.2, 0.25) is 0 Å². The van der Waals surface area contributed by atoms with Gasteiger partial charge in [-0.2, -0.15) is 0 Å². The van der Waals surface area contributed by atoms with Crippen molar-refractivity contribution in [2.75, 3.05) is 0 Å². The number of fused-ring (bicyclic) bond motifs is 3. The molecular formula is C16H24O. The van der Waals surface area contributed by atoms with Crippen molar-refractivity contribution in [3.05, 3.63) is 0 Å². The minimum atomic E-state index is 0.525. The van der Waals surface area contributed by atoms with E-state index in [9.17, 15) is 4.79 Å². The second kappa shape index (κ2) is 3.83. The van der Waals surface area contributed by atoms with Crippen LogP contribution in [0.2, 0.25) is 0 Å². The highest BCUT2D eigenvalue weighted by Crippen LogP contribution is 2.57. The quantitative estimate of drug-likeness (QED) is 0.723. The second-order valence-electron chi connectivity index (χ2n) is 7.24. The monoisotopic (exact) mass is 232 g/mol. The first-order chi connectivity index (χ1) is 8.33. The standard InChI is InChI=1S/C16H24O/c17-15(16-13-3-1-2-4-14(13)16)9-12-8-10-5-6-11(12)7-10/h10-14,16H,1-9H2. The zero-order valence-electron chi connectivity index (χ0n) is 10.7. The van der Waals surface area contributed by atoms with Crippen molar-refractivity contribution in [2.24, 2.45) is 35.5 Å². The van der Waals surface area contributed by atoms with E-state index in [2.05, 4.69) is 0 Å². The molecule has 4 aliphatic carbocycles. The number of Topliss-reactive ketones (excluding diaryl/α,β-unsaturated/α-hetero) is 1. The molecule has 4 aliphatic rings. The van der Waals surface area contributed by atoms with E-state index in [1.165, 1.54) is 51.4 Å². The summed E-state index contributed by atoms with van der Waals surface area (Å²) in [5, 5.41) is 0. The Morgan fingerprint density at radius 2 is 1.71 bits per heavy atom. The molecule has 94 valence electrons. The van der Waals surface area contributed by atoms with Crippen LogP contribution in [0, 0.1) is 35.5 Å². The van der Waals surface area contributed by atoms with Gasteiger partial charge < -0.3 is 0 Å². The van der Waals surface area contributed by atoms with Gasteiger partial charge in [-0.1, -0.05) is 19.3 Å². The van der Waals surface area contributed by atoms with E-state index in [4.69, 9.17) is 0 Å². The van der Waals surface area contributed by atoms with Crippen LogP contribution in [0.1, 0.15) is 57.8 Å². The summed E-state index contributed by atoms with van der Waals surface area (Å²) in [5.41, 5.74) is 0. The van der Waals surface area contributed by atoms with E-state index >= 15 is 0 Å². The van der Waals surface area contributed by atoms with Crippen LogP contribution in [-0.2, 0) is 4.79 Å². The molecule has 0 spiro atoms. The third-order valence-electron chi connectivity index (χ3n) is 6.38. The van der Waals surface area contributed by atoms with Crippen LogP contribution in [0.5, 0.6) is 0 Å². The van der Waals surface area contributed by atoms with E-state index in [0.717, 1.165) is 36.0 Å². The van der Waals surface area contributed by atoms with Gasteiger partial charge in [0.25, 0.3) is 0 Å². The Labute approximate surface area is 104 Å². The first-order valence-electron chi connectivity index (χ1n) is 7.85. The minimum Gasteiger partial charge on any atom is -0.299 e. The van der Waals surface area contributed by atoms with E-state index in [-0.39, 0.29) is 0 Å². The van der Waals surface area contributed by atoms with E-state index < -0.39 is 0 Å². The van der Waals surface area contributed by atoms with Gasteiger partial charge >= 0.3 is 0 Å². The summed E-state index contributed by atoms with van der Waals surface area (Å²) in [4.78, 5) is 12.4. The maximum absolute atomic E-state index is 12.4. The smallest absolute Gasteiger partial charge is 0.136 e. The molecule has 0 heterocycles.